The molecule has 0 aliphatic carbocycles. The van der Waals surface area contributed by atoms with E-state index in [0.717, 1.165) is 11.3 Å². The Labute approximate surface area is 164 Å². The normalized spacial score (nSPS) is 19.2. The first-order chi connectivity index (χ1) is 14.2. The lowest BCUT2D eigenvalue weighted by Crippen LogP contribution is -2.24. The lowest BCUT2D eigenvalue weighted by atomic mass is 10.1. The number of nitrogens with zero attached hydrogens (tertiary/aromatic N) is 3. The fourth-order valence-corrected chi connectivity index (χ4v) is 3.73. The average Bonchev–Trinajstić information content (AvgIpc) is 3.51. The van der Waals surface area contributed by atoms with Crippen LogP contribution < -0.4 is 23.8 Å². The van der Waals surface area contributed by atoms with E-state index >= 15 is 0 Å². The molecule has 1 saturated heterocycles. The standard InChI is InChI=1S/C20H15N3O6/c24-18-6-12(8-23(18)13-2-4-15-17(7-13)28-10-26-15)19-21-20(29-22-19)11-1-3-14-16(5-11)27-9-25-14/h1-5,7,12H,6,8-10H2. The maximum atomic E-state index is 12.6. The molecule has 1 fully saturated rings. The maximum Gasteiger partial charge on any atom is 0.258 e. The molecule has 1 unspecified atom stereocenters. The van der Waals surface area contributed by atoms with E-state index < -0.39 is 0 Å². The summed E-state index contributed by atoms with van der Waals surface area (Å²) in [5.41, 5.74) is 1.51. The van der Waals surface area contributed by atoms with Crippen LogP contribution in [0.25, 0.3) is 11.5 Å². The molecule has 1 atom stereocenters. The third-order valence-electron chi connectivity index (χ3n) is 5.22. The maximum absolute atomic E-state index is 12.6. The van der Waals surface area contributed by atoms with E-state index in [1.807, 2.05) is 30.3 Å². The molecule has 146 valence electrons. The van der Waals surface area contributed by atoms with Gasteiger partial charge in [-0.3, -0.25) is 4.79 Å². The third kappa shape index (κ3) is 2.65. The van der Waals surface area contributed by atoms with Gasteiger partial charge in [-0.25, -0.2) is 0 Å². The Bertz CT molecular complexity index is 1130. The number of aromatic nitrogens is 2. The second kappa shape index (κ2) is 6.13. The Kier molecular flexibility index (Phi) is 3.43. The molecule has 3 aliphatic heterocycles. The average molecular weight is 393 g/mol. The van der Waals surface area contributed by atoms with E-state index in [0.29, 0.717) is 47.7 Å². The Morgan fingerprint density at radius 1 is 0.897 bits per heavy atom. The van der Waals surface area contributed by atoms with Gasteiger partial charge in [0, 0.05) is 36.2 Å². The zero-order valence-electron chi connectivity index (χ0n) is 15.2. The largest absolute Gasteiger partial charge is 0.454 e. The van der Waals surface area contributed by atoms with Crippen molar-refractivity contribution in [1.82, 2.24) is 10.1 Å². The van der Waals surface area contributed by atoms with Crippen molar-refractivity contribution in [2.45, 2.75) is 12.3 Å². The molecule has 9 nitrogen and oxygen atoms in total. The second-order valence-electron chi connectivity index (χ2n) is 6.97. The number of carbonyl (C=O) groups is 1. The van der Waals surface area contributed by atoms with Crippen LogP contribution >= 0.6 is 0 Å². The van der Waals surface area contributed by atoms with Gasteiger partial charge in [-0.05, 0) is 30.3 Å². The van der Waals surface area contributed by atoms with Crippen molar-refractivity contribution in [1.29, 1.82) is 0 Å². The zero-order valence-corrected chi connectivity index (χ0v) is 15.2. The minimum Gasteiger partial charge on any atom is -0.454 e. The molecule has 0 radical (unpaired) electrons. The predicted octanol–water partition coefficient (Wildman–Crippen LogP) is 2.71. The number of rotatable bonds is 3. The first-order valence-electron chi connectivity index (χ1n) is 9.18. The number of carbonyl (C=O) groups excluding carboxylic acids is 1. The molecule has 0 N–H and O–H groups in total. The Morgan fingerprint density at radius 2 is 1.62 bits per heavy atom. The van der Waals surface area contributed by atoms with Gasteiger partial charge in [-0.15, -0.1) is 0 Å². The first kappa shape index (κ1) is 16.2. The molecule has 0 saturated carbocycles. The molecular formula is C20H15N3O6. The number of hydrogen-bond donors (Lipinski definition) is 0. The highest BCUT2D eigenvalue weighted by Gasteiger charge is 2.35. The summed E-state index contributed by atoms with van der Waals surface area (Å²) in [6, 6.07) is 10.9. The summed E-state index contributed by atoms with van der Waals surface area (Å²) in [5.74, 6) is 3.40. The highest BCUT2D eigenvalue weighted by molar-refractivity contribution is 5.96. The molecule has 2 aromatic carbocycles. The van der Waals surface area contributed by atoms with Gasteiger partial charge in [0.1, 0.15) is 0 Å². The molecular weight excluding hydrogens is 378 g/mol. The number of anilines is 1. The monoisotopic (exact) mass is 393 g/mol. The van der Waals surface area contributed by atoms with Crippen LogP contribution in [0.5, 0.6) is 23.0 Å². The van der Waals surface area contributed by atoms with E-state index in [2.05, 4.69) is 10.1 Å². The lowest BCUT2D eigenvalue weighted by molar-refractivity contribution is -0.117. The highest BCUT2D eigenvalue weighted by Crippen LogP contribution is 2.39. The van der Waals surface area contributed by atoms with E-state index in [1.165, 1.54) is 0 Å². The van der Waals surface area contributed by atoms with Gasteiger partial charge in [0.2, 0.25) is 19.5 Å². The topological polar surface area (TPSA) is 96.2 Å². The van der Waals surface area contributed by atoms with Gasteiger partial charge in [0.15, 0.2) is 28.8 Å². The van der Waals surface area contributed by atoms with Gasteiger partial charge in [-0.2, -0.15) is 4.98 Å². The summed E-state index contributed by atoms with van der Waals surface area (Å²) < 4.78 is 26.9. The molecule has 4 heterocycles. The highest BCUT2D eigenvalue weighted by atomic mass is 16.7. The van der Waals surface area contributed by atoms with Crippen molar-refractivity contribution >= 4 is 11.6 Å². The molecule has 3 aliphatic rings. The van der Waals surface area contributed by atoms with Crippen molar-refractivity contribution in [2.24, 2.45) is 0 Å². The van der Waals surface area contributed by atoms with Gasteiger partial charge in [0.05, 0.1) is 0 Å². The van der Waals surface area contributed by atoms with Crippen LogP contribution in [0.1, 0.15) is 18.2 Å². The Morgan fingerprint density at radius 3 is 2.45 bits per heavy atom. The summed E-state index contributed by atoms with van der Waals surface area (Å²) in [7, 11) is 0. The van der Waals surface area contributed by atoms with Gasteiger partial charge in [0.25, 0.3) is 5.89 Å². The van der Waals surface area contributed by atoms with Crippen LogP contribution in [0.15, 0.2) is 40.9 Å². The smallest absolute Gasteiger partial charge is 0.258 e. The van der Waals surface area contributed by atoms with E-state index in [-0.39, 0.29) is 25.4 Å². The molecule has 0 bridgehead atoms. The molecule has 29 heavy (non-hydrogen) atoms. The molecule has 0 spiro atoms. The van der Waals surface area contributed by atoms with Crippen LogP contribution in [0.2, 0.25) is 0 Å². The van der Waals surface area contributed by atoms with Crippen LogP contribution in [0.4, 0.5) is 5.69 Å². The number of benzene rings is 2. The van der Waals surface area contributed by atoms with Gasteiger partial charge < -0.3 is 28.4 Å². The van der Waals surface area contributed by atoms with Gasteiger partial charge in [-0.1, -0.05) is 5.16 Å². The summed E-state index contributed by atoms with van der Waals surface area (Å²) in [6.07, 6.45) is 0.314. The van der Waals surface area contributed by atoms with Crippen molar-refractivity contribution < 1.29 is 28.3 Å². The number of ether oxygens (including phenoxy) is 4. The Hall–Kier alpha value is -3.75. The SMILES string of the molecule is O=C1CC(c2noc(-c3ccc4c(c3)OCO4)n2)CN1c1ccc2c(c1)OCO2. The van der Waals surface area contributed by atoms with Crippen molar-refractivity contribution in [3.63, 3.8) is 0 Å². The minimum atomic E-state index is -0.153. The number of hydrogen-bond acceptors (Lipinski definition) is 8. The molecule has 6 rings (SSSR count). The molecule has 9 heteroatoms. The summed E-state index contributed by atoms with van der Waals surface area (Å²) >= 11 is 0. The van der Waals surface area contributed by atoms with Crippen molar-refractivity contribution in [3.8, 4) is 34.5 Å². The fourth-order valence-electron chi connectivity index (χ4n) is 3.73. The predicted molar refractivity (Wildman–Crippen MR) is 98.1 cm³/mol. The molecule has 1 aromatic heterocycles. The van der Waals surface area contributed by atoms with Crippen LogP contribution in [-0.4, -0.2) is 36.2 Å². The van der Waals surface area contributed by atoms with E-state index in [4.69, 9.17) is 23.5 Å². The molecule has 3 aromatic rings. The quantitative estimate of drug-likeness (QED) is 0.670. The van der Waals surface area contributed by atoms with Crippen molar-refractivity contribution in [2.75, 3.05) is 25.0 Å². The second-order valence-corrected chi connectivity index (χ2v) is 6.97. The van der Waals surface area contributed by atoms with E-state index in [1.54, 1.807) is 11.0 Å². The zero-order chi connectivity index (χ0) is 19.4. The van der Waals surface area contributed by atoms with Crippen LogP contribution in [0, 0.1) is 0 Å². The van der Waals surface area contributed by atoms with Crippen LogP contribution in [-0.2, 0) is 4.79 Å². The summed E-state index contributed by atoms with van der Waals surface area (Å²) in [6.45, 7) is 0.868. The third-order valence-corrected chi connectivity index (χ3v) is 5.22. The number of amides is 1. The Balaban J connectivity index is 1.24. The lowest BCUT2D eigenvalue weighted by Gasteiger charge is -2.16. The fraction of sp³-hybridized carbons (Fsp3) is 0.250. The van der Waals surface area contributed by atoms with Crippen molar-refractivity contribution in [3.05, 3.63) is 42.2 Å². The van der Waals surface area contributed by atoms with Gasteiger partial charge >= 0.3 is 0 Å². The first-order valence-corrected chi connectivity index (χ1v) is 9.18. The van der Waals surface area contributed by atoms with Crippen LogP contribution in [0.3, 0.4) is 0 Å². The summed E-state index contributed by atoms with van der Waals surface area (Å²) in [4.78, 5) is 18.8. The number of fused-ring (bicyclic) bond motifs is 2. The van der Waals surface area contributed by atoms with E-state index in [9.17, 15) is 4.79 Å². The minimum absolute atomic E-state index is 0.00305. The summed E-state index contributed by atoms with van der Waals surface area (Å²) in [5, 5.41) is 4.11. The molecule has 1 amide bonds.